The summed E-state index contributed by atoms with van der Waals surface area (Å²) in [7, 11) is -3.50. The Morgan fingerprint density at radius 3 is 1.94 bits per heavy atom. The van der Waals surface area contributed by atoms with Crippen molar-refractivity contribution in [2.75, 3.05) is 12.3 Å². The molecule has 0 saturated carbocycles. The molecule has 0 saturated heterocycles. The van der Waals surface area contributed by atoms with E-state index in [1.54, 1.807) is 13.8 Å². The molecule has 1 N–H and O–H groups in total. The highest BCUT2D eigenvalue weighted by Crippen LogP contribution is 2.06. The summed E-state index contributed by atoms with van der Waals surface area (Å²) >= 11 is 0. The Kier molecular flexibility index (Phi) is 5.60. The second-order valence-electron chi connectivity index (χ2n) is 4.37. The first-order chi connectivity index (χ1) is 7.58. The summed E-state index contributed by atoms with van der Waals surface area (Å²) in [4.78, 5) is 23.3. The highest BCUT2D eigenvalue weighted by molar-refractivity contribution is 7.92. The molecular weight excluding hydrogens is 246 g/mol. The number of carbonyl (C=O) groups excluding carboxylic acids is 1. The van der Waals surface area contributed by atoms with E-state index < -0.39 is 39.3 Å². The molecule has 7 heteroatoms. The van der Waals surface area contributed by atoms with Gasteiger partial charge in [0.1, 0.15) is 12.3 Å². The van der Waals surface area contributed by atoms with E-state index in [4.69, 9.17) is 5.11 Å². The van der Waals surface area contributed by atoms with E-state index >= 15 is 0 Å². The Morgan fingerprint density at radius 1 is 1.18 bits per heavy atom. The Bertz CT molecular complexity index is 386. The van der Waals surface area contributed by atoms with Crippen LogP contribution in [-0.2, 0) is 19.4 Å². The predicted molar refractivity (Wildman–Crippen MR) is 63.4 cm³/mol. The van der Waals surface area contributed by atoms with Crippen molar-refractivity contribution < 1.29 is 23.1 Å². The number of nitrogens with zero attached hydrogens (tertiary/aromatic N) is 1. The zero-order valence-corrected chi connectivity index (χ0v) is 11.3. The molecule has 0 aliphatic heterocycles. The number of carboxylic acids is 1. The minimum Gasteiger partial charge on any atom is -0.480 e. The van der Waals surface area contributed by atoms with E-state index in [0.29, 0.717) is 0 Å². The molecule has 0 radical (unpaired) electrons. The van der Waals surface area contributed by atoms with Crippen LogP contribution in [0, 0.1) is 0 Å². The summed E-state index contributed by atoms with van der Waals surface area (Å²) in [6.45, 7) is 5.77. The summed E-state index contributed by atoms with van der Waals surface area (Å²) in [5.41, 5.74) is 0. The average molecular weight is 265 g/mol. The normalized spacial score (nSPS) is 11.9. The third-order valence-corrected chi connectivity index (χ3v) is 4.38. The highest BCUT2D eigenvalue weighted by atomic mass is 32.2. The number of hydrogen-bond donors (Lipinski definition) is 1. The lowest BCUT2D eigenvalue weighted by molar-refractivity contribution is -0.144. The van der Waals surface area contributed by atoms with E-state index in [0.717, 1.165) is 4.90 Å². The van der Waals surface area contributed by atoms with Gasteiger partial charge in [-0.2, -0.15) is 0 Å². The van der Waals surface area contributed by atoms with Gasteiger partial charge in [0.15, 0.2) is 9.84 Å². The van der Waals surface area contributed by atoms with Gasteiger partial charge in [-0.3, -0.25) is 9.59 Å². The zero-order valence-electron chi connectivity index (χ0n) is 10.5. The quantitative estimate of drug-likeness (QED) is 0.737. The SMILES string of the molecule is CC(C)N(CC(=O)O)C(=O)CS(=O)(=O)C(C)C. The Balaban J connectivity index is 4.82. The molecule has 6 nitrogen and oxygen atoms in total. The second-order valence-corrected chi connectivity index (χ2v) is 6.92. The van der Waals surface area contributed by atoms with Crippen LogP contribution in [0.5, 0.6) is 0 Å². The second kappa shape index (κ2) is 6.00. The third kappa shape index (κ3) is 5.16. The molecule has 0 aromatic carbocycles. The van der Waals surface area contributed by atoms with Gasteiger partial charge in [0.05, 0.1) is 5.25 Å². The first kappa shape index (κ1) is 15.9. The zero-order chi connectivity index (χ0) is 13.8. The number of sulfone groups is 1. The van der Waals surface area contributed by atoms with Gasteiger partial charge in [-0.25, -0.2) is 8.42 Å². The third-order valence-electron chi connectivity index (χ3n) is 2.29. The lowest BCUT2D eigenvalue weighted by Gasteiger charge is -2.25. The van der Waals surface area contributed by atoms with Crippen molar-refractivity contribution in [3.05, 3.63) is 0 Å². The molecule has 0 rings (SSSR count). The van der Waals surface area contributed by atoms with Crippen molar-refractivity contribution in [1.29, 1.82) is 0 Å². The van der Waals surface area contributed by atoms with Gasteiger partial charge in [0.2, 0.25) is 5.91 Å². The maximum absolute atomic E-state index is 11.7. The Morgan fingerprint density at radius 2 is 1.65 bits per heavy atom. The molecule has 0 heterocycles. The molecule has 100 valence electrons. The monoisotopic (exact) mass is 265 g/mol. The molecule has 0 aromatic heterocycles. The van der Waals surface area contributed by atoms with Crippen LogP contribution in [0.15, 0.2) is 0 Å². The molecule has 0 aliphatic rings. The topological polar surface area (TPSA) is 91.8 Å². The number of amides is 1. The summed E-state index contributed by atoms with van der Waals surface area (Å²) in [5.74, 6) is -2.47. The van der Waals surface area contributed by atoms with Crippen LogP contribution < -0.4 is 0 Å². The molecule has 0 fully saturated rings. The molecule has 17 heavy (non-hydrogen) atoms. The van der Waals surface area contributed by atoms with Gasteiger partial charge < -0.3 is 10.0 Å². The average Bonchev–Trinajstić information content (AvgIpc) is 2.12. The van der Waals surface area contributed by atoms with Crippen molar-refractivity contribution in [2.45, 2.75) is 39.0 Å². The lowest BCUT2D eigenvalue weighted by atomic mass is 10.3. The minimum absolute atomic E-state index is 0.346. The van der Waals surface area contributed by atoms with Gasteiger partial charge in [0.25, 0.3) is 0 Å². The maximum atomic E-state index is 11.7. The predicted octanol–water partition coefficient (Wildman–Crippen LogP) is 0.131. The molecular formula is C10H19NO5S. The van der Waals surface area contributed by atoms with Crippen LogP contribution in [0.4, 0.5) is 0 Å². The molecule has 0 atom stereocenters. The standard InChI is InChI=1S/C10H19NO5S/c1-7(2)11(5-10(13)14)9(12)6-17(15,16)8(3)4/h7-8H,5-6H2,1-4H3,(H,13,14). The van der Waals surface area contributed by atoms with E-state index in [-0.39, 0.29) is 6.04 Å². The van der Waals surface area contributed by atoms with Crippen molar-refractivity contribution >= 4 is 21.7 Å². The summed E-state index contributed by atoms with van der Waals surface area (Å²) in [5, 5.41) is 8.00. The smallest absolute Gasteiger partial charge is 0.323 e. The number of carbonyl (C=O) groups is 2. The van der Waals surface area contributed by atoms with Crippen LogP contribution in [0.1, 0.15) is 27.7 Å². The fourth-order valence-corrected chi connectivity index (χ4v) is 1.97. The van der Waals surface area contributed by atoms with Crippen molar-refractivity contribution in [2.24, 2.45) is 0 Å². The lowest BCUT2D eigenvalue weighted by Crippen LogP contribution is -2.44. The fourth-order valence-electron chi connectivity index (χ4n) is 1.13. The number of aliphatic carboxylic acids is 1. The van der Waals surface area contributed by atoms with E-state index in [9.17, 15) is 18.0 Å². The van der Waals surface area contributed by atoms with Gasteiger partial charge in [0, 0.05) is 6.04 Å². The highest BCUT2D eigenvalue weighted by Gasteiger charge is 2.27. The Hall–Kier alpha value is -1.11. The molecule has 0 aliphatic carbocycles. The summed E-state index contributed by atoms with van der Waals surface area (Å²) < 4.78 is 23.1. The molecule has 0 unspecified atom stereocenters. The first-order valence-corrected chi connectivity index (χ1v) is 7.02. The van der Waals surface area contributed by atoms with E-state index in [2.05, 4.69) is 0 Å². The molecule has 0 spiro atoms. The van der Waals surface area contributed by atoms with Gasteiger partial charge >= 0.3 is 5.97 Å². The van der Waals surface area contributed by atoms with E-state index in [1.165, 1.54) is 13.8 Å². The van der Waals surface area contributed by atoms with Crippen molar-refractivity contribution in [1.82, 2.24) is 4.90 Å². The van der Waals surface area contributed by atoms with Crippen molar-refractivity contribution in [3.8, 4) is 0 Å². The van der Waals surface area contributed by atoms with Gasteiger partial charge in [-0.05, 0) is 27.7 Å². The number of rotatable bonds is 6. The number of carboxylic acid groups (broad SMARTS) is 1. The minimum atomic E-state index is -3.50. The van der Waals surface area contributed by atoms with Crippen LogP contribution in [-0.4, -0.2) is 53.9 Å². The summed E-state index contributed by atoms with van der Waals surface area (Å²) in [6, 6.07) is -0.346. The number of hydrogen-bond acceptors (Lipinski definition) is 4. The largest absolute Gasteiger partial charge is 0.480 e. The van der Waals surface area contributed by atoms with Gasteiger partial charge in [-0.15, -0.1) is 0 Å². The van der Waals surface area contributed by atoms with Crippen LogP contribution in [0.25, 0.3) is 0 Å². The van der Waals surface area contributed by atoms with E-state index in [1.807, 2.05) is 0 Å². The van der Waals surface area contributed by atoms with Crippen LogP contribution >= 0.6 is 0 Å². The first-order valence-electron chi connectivity index (χ1n) is 5.30. The maximum Gasteiger partial charge on any atom is 0.323 e. The molecule has 1 amide bonds. The van der Waals surface area contributed by atoms with Crippen LogP contribution in [0.2, 0.25) is 0 Å². The van der Waals surface area contributed by atoms with Crippen LogP contribution in [0.3, 0.4) is 0 Å². The molecule has 0 bridgehead atoms. The molecule has 0 aromatic rings. The van der Waals surface area contributed by atoms with Crippen molar-refractivity contribution in [3.63, 3.8) is 0 Å². The fraction of sp³-hybridized carbons (Fsp3) is 0.800. The van der Waals surface area contributed by atoms with Gasteiger partial charge in [-0.1, -0.05) is 0 Å². The Labute approximate surface area is 102 Å². The summed E-state index contributed by atoms with van der Waals surface area (Å²) in [6.07, 6.45) is 0.